The van der Waals surface area contributed by atoms with E-state index < -0.39 is 17.9 Å². The van der Waals surface area contributed by atoms with Gasteiger partial charge in [0.15, 0.2) is 0 Å². The lowest BCUT2D eigenvalue weighted by Crippen LogP contribution is -2.20. The Morgan fingerprint density at radius 3 is 2.58 bits per heavy atom. The summed E-state index contributed by atoms with van der Waals surface area (Å²) in [7, 11) is 0. The molecule has 0 saturated carbocycles. The van der Waals surface area contributed by atoms with E-state index in [2.05, 4.69) is 0 Å². The maximum atomic E-state index is 14.8. The van der Waals surface area contributed by atoms with Crippen LogP contribution in [0.1, 0.15) is 41.6 Å². The van der Waals surface area contributed by atoms with Crippen molar-refractivity contribution in [1.29, 1.82) is 0 Å². The van der Waals surface area contributed by atoms with Gasteiger partial charge in [-0.25, -0.2) is 0 Å². The van der Waals surface area contributed by atoms with Crippen LogP contribution in [0.4, 0.5) is 8.78 Å². The van der Waals surface area contributed by atoms with Crippen LogP contribution in [-0.4, -0.2) is 12.6 Å². The molecule has 0 saturated heterocycles. The lowest BCUT2D eigenvalue weighted by molar-refractivity contribution is -0.143. The fourth-order valence-corrected chi connectivity index (χ4v) is 2.56. The van der Waals surface area contributed by atoms with Gasteiger partial charge in [0.2, 0.25) is 0 Å². The van der Waals surface area contributed by atoms with Gasteiger partial charge in [-0.15, -0.1) is 0 Å². The Bertz CT molecular complexity index is 716. The SMILES string of the molecule is CCOC(=O)CC(N)c1cccc(C(F)(F)c2ccccc2C)c1. The van der Waals surface area contributed by atoms with Crippen molar-refractivity contribution in [2.75, 3.05) is 6.61 Å². The van der Waals surface area contributed by atoms with E-state index in [1.54, 1.807) is 38.1 Å². The minimum Gasteiger partial charge on any atom is -0.466 e. The molecule has 3 nitrogen and oxygen atoms in total. The molecular formula is C19H21F2NO2. The van der Waals surface area contributed by atoms with Crippen LogP contribution in [0.2, 0.25) is 0 Å². The molecule has 2 rings (SSSR count). The van der Waals surface area contributed by atoms with Gasteiger partial charge in [0, 0.05) is 17.2 Å². The predicted molar refractivity (Wildman–Crippen MR) is 88.8 cm³/mol. The van der Waals surface area contributed by atoms with E-state index in [1.165, 1.54) is 24.3 Å². The van der Waals surface area contributed by atoms with E-state index >= 15 is 0 Å². The Morgan fingerprint density at radius 1 is 1.21 bits per heavy atom. The van der Waals surface area contributed by atoms with Crippen molar-refractivity contribution in [2.24, 2.45) is 5.73 Å². The van der Waals surface area contributed by atoms with Gasteiger partial charge in [-0.1, -0.05) is 42.5 Å². The fraction of sp³-hybridized carbons (Fsp3) is 0.316. The van der Waals surface area contributed by atoms with E-state index in [1.807, 2.05) is 0 Å². The smallest absolute Gasteiger partial charge is 0.307 e. The van der Waals surface area contributed by atoms with Crippen molar-refractivity contribution >= 4 is 5.97 Å². The van der Waals surface area contributed by atoms with E-state index in [0.717, 1.165) is 0 Å². The van der Waals surface area contributed by atoms with Gasteiger partial charge < -0.3 is 10.5 Å². The van der Waals surface area contributed by atoms with E-state index in [-0.39, 0.29) is 24.2 Å². The molecule has 1 atom stereocenters. The molecule has 2 aromatic rings. The molecule has 24 heavy (non-hydrogen) atoms. The molecule has 0 fully saturated rings. The highest BCUT2D eigenvalue weighted by molar-refractivity contribution is 5.70. The quantitative estimate of drug-likeness (QED) is 0.810. The number of halogens is 2. The standard InChI is InChI=1S/C19H21F2NO2/c1-3-24-18(23)12-17(22)14-8-6-9-15(11-14)19(20,21)16-10-5-4-7-13(16)2/h4-11,17H,3,12,22H2,1-2H3. The maximum Gasteiger partial charge on any atom is 0.307 e. The molecule has 5 heteroatoms. The van der Waals surface area contributed by atoms with E-state index in [0.29, 0.717) is 11.1 Å². The molecule has 0 aromatic heterocycles. The monoisotopic (exact) mass is 333 g/mol. The molecule has 0 radical (unpaired) electrons. The number of benzene rings is 2. The van der Waals surface area contributed by atoms with Crippen molar-refractivity contribution in [3.8, 4) is 0 Å². The number of hydrogen-bond donors (Lipinski definition) is 1. The minimum absolute atomic E-state index is 0.0406. The molecule has 0 spiro atoms. The third kappa shape index (κ3) is 3.97. The molecule has 2 aromatic carbocycles. The summed E-state index contributed by atoms with van der Waals surface area (Å²) in [5.74, 6) is -3.58. The molecule has 0 heterocycles. The number of carbonyl (C=O) groups is 1. The van der Waals surface area contributed by atoms with Crippen molar-refractivity contribution < 1.29 is 18.3 Å². The normalized spacial score (nSPS) is 12.7. The number of alkyl halides is 2. The zero-order chi connectivity index (χ0) is 17.7. The van der Waals surface area contributed by atoms with Crippen LogP contribution in [0.5, 0.6) is 0 Å². The first-order valence-electron chi connectivity index (χ1n) is 7.81. The average molecular weight is 333 g/mol. The summed E-state index contributed by atoms with van der Waals surface area (Å²) in [4.78, 5) is 11.5. The summed E-state index contributed by atoms with van der Waals surface area (Å²) < 4.78 is 34.5. The van der Waals surface area contributed by atoms with Crippen LogP contribution < -0.4 is 5.73 Å². The highest BCUT2D eigenvalue weighted by Gasteiger charge is 2.35. The van der Waals surface area contributed by atoms with Crippen molar-refractivity contribution in [1.82, 2.24) is 0 Å². The van der Waals surface area contributed by atoms with Gasteiger partial charge in [0.25, 0.3) is 5.92 Å². The molecule has 0 bridgehead atoms. The first kappa shape index (κ1) is 18.1. The Hall–Kier alpha value is -2.27. The Labute approximate surface area is 140 Å². The molecule has 128 valence electrons. The number of ether oxygens (including phenoxy) is 1. The first-order chi connectivity index (χ1) is 11.4. The second-order valence-corrected chi connectivity index (χ2v) is 5.63. The third-order valence-corrected chi connectivity index (χ3v) is 3.85. The van der Waals surface area contributed by atoms with Crippen LogP contribution in [0.25, 0.3) is 0 Å². The first-order valence-corrected chi connectivity index (χ1v) is 7.81. The number of rotatable bonds is 6. The molecule has 2 N–H and O–H groups in total. The summed E-state index contributed by atoms with van der Waals surface area (Å²) in [6.45, 7) is 3.61. The van der Waals surface area contributed by atoms with Gasteiger partial charge in [-0.05, 0) is 31.0 Å². The summed E-state index contributed by atoms with van der Waals surface area (Å²) in [6.07, 6.45) is -0.0484. The zero-order valence-corrected chi connectivity index (χ0v) is 13.8. The van der Waals surface area contributed by atoms with Gasteiger partial charge >= 0.3 is 5.97 Å². The van der Waals surface area contributed by atoms with Gasteiger partial charge in [0.1, 0.15) is 0 Å². The summed E-state index contributed by atoms with van der Waals surface area (Å²) >= 11 is 0. The average Bonchev–Trinajstić information content (AvgIpc) is 2.55. The second kappa shape index (κ2) is 7.53. The third-order valence-electron chi connectivity index (χ3n) is 3.85. The maximum absolute atomic E-state index is 14.8. The Balaban J connectivity index is 2.29. The fourth-order valence-electron chi connectivity index (χ4n) is 2.56. The largest absolute Gasteiger partial charge is 0.466 e. The van der Waals surface area contributed by atoms with Crippen molar-refractivity contribution in [3.05, 3.63) is 70.8 Å². The van der Waals surface area contributed by atoms with Crippen LogP contribution >= 0.6 is 0 Å². The van der Waals surface area contributed by atoms with Crippen LogP contribution in [0.3, 0.4) is 0 Å². The predicted octanol–water partition coefficient (Wildman–Crippen LogP) is 4.09. The van der Waals surface area contributed by atoms with Gasteiger partial charge in [-0.3, -0.25) is 4.79 Å². The molecule has 0 aliphatic rings. The Kier molecular flexibility index (Phi) is 5.67. The number of aryl methyl sites for hydroxylation is 1. The van der Waals surface area contributed by atoms with Crippen LogP contribution in [0, 0.1) is 6.92 Å². The summed E-state index contributed by atoms with van der Waals surface area (Å²) in [6, 6.07) is 11.6. The number of hydrogen-bond acceptors (Lipinski definition) is 3. The summed E-state index contributed by atoms with van der Waals surface area (Å²) in [5, 5.41) is 0. The van der Waals surface area contributed by atoms with Crippen LogP contribution in [-0.2, 0) is 15.5 Å². The van der Waals surface area contributed by atoms with E-state index in [4.69, 9.17) is 10.5 Å². The molecule has 0 amide bonds. The van der Waals surface area contributed by atoms with Crippen LogP contribution in [0.15, 0.2) is 48.5 Å². The van der Waals surface area contributed by atoms with Crippen molar-refractivity contribution in [3.63, 3.8) is 0 Å². The molecule has 0 aliphatic heterocycles. The number of carbonyl (C=O) groups excluding carboxylic acids is 1. The topological polar surface area (TPSA) is 52.3 Å². The van der Waals surface area contributed by atoms with Gasteiger partial charge in [-0.2, -0.15) is 8.78 Å². The van der Waals surface area contributed by atoms with Gasteiger partial charge in [0.05, 0.1) is 13.0 Å². The highest BCUT2D eigenvalue weighted by atomic mass is 19.3. The molecule has 1 unspecified atom stereocenters. The molecule has 0 aliphatic carbocycles. The lowest BCUT2D eigenvalue weighted by atomic mass is 9.93. The van der Waals surface area contributed by atoms with Crippen molar-refractivity contribution in [2.45, 2.75) is 32.2 Å². The molecular weight excluding hydrogens is 312 g/mol. The highest BCUT2D eigenvalue weighted by Crippen LogP contribution is 2.38. The lowest BCUT2D eigenvalue weighted by Gasteiger charge is -2.21. The van der Waals surface area contributed by atoms with E-state index in [9.17, 15) is 13.6 Å². The zero-order valence-electron chi connectivity index (χ0n) is 13.8. The number of nitrogens with two attached hydrogens (primary N) is 1. The summed E-state index contributed by atoms with van der Waals surface area (Å²) in [5.41, 5.74) is 6.77. The minimum atomic E-state index is -3.13. The number of esters is 1. The second-order valence-electron chi connectivity index (χ2n) is 5.63. The Morgan fingerprint density at radius 2 is 1.92 bits per heavy atom.